The number of nitriles is 1. The van der Waals surface area contributed by atoms with Crippen molar-refractivity contribution in [2.45, 2.75) is 24.7 Å². The molecular formula is C20H17F3N2O4. The van der Waals surface area contributed by atoms with Gasteiger partial charge in [0.05, 0.1) is 24.3 Å². The van der Waals surface area contributed by atoms with Gasteiger partial charge in [0.15, 0.2) is 6.10 Å². The van der Waals surface area contributed by atoms with Gasteiger partial charge in [0.2, 0.25) is 0 Å². The Kier molecular flexibility index (Phi) is 6.96. The van der Waals surface area contributed by atoms with E-state index < -0.39 is 35.8 Å². The Morgan fingerprint density at radius 1 is 1.17 bits per heavy atom. The largest absolute Gasteiger partial charge is 0.467 e. The molecule has 0 bridgehead atoms. The molecule has 9 heteroatoms. The van der Waals surface area contributed by atoms with E-state index >= 15 is 0 Å². The Labute approximate surface area is 164 Å². The maximum atomic E-state index is 12.6. The van der Waals surface area contributed by atoms with Gasteiger partial charge in [-0.05, 0) is 29.3 Å². The third-order valence-corrected chi connectivity index (χ3v) is 4.17. The summed E-state index contributed by atoms with van der Waals surface area (Å²) < 4.78 is 42.5. The van der Waals surface area contributed by atoms with Gasteiger partial charge in [-0.3, -0.25) is 4.79 Å². The number of nitrogens with zero attached hydrogens (tertiary/aromatic N) is 1. The first-order valence-corrected chi connectivity index (χ1v) is 8.38. The van der Waals surface area contributed by atoms with Crippen LogP contribution in [-0.2, 0) is 26.9 Å². The SMILES string of the molecule is COC(=O)[C@H](Cc1ccccc1C#N)NC(=O)[C@H](O)c1ccc(C(F)(F)F)cc1. The van der Waals surface area contributed by atoms with Gasteiger partial charge in [-0.1, -0.05) is 30.3 Å². The molecule has 2 atom stereocenters. The van der Waals surface area contributed by atoms with Gasteiger partial charge in [-0.25, -0.2) is 4.79 Å². The molecule has 0 unspecified atom stereocenters. The van der Waals surface area contributed by atoms with Crippen LogP contribution in [0.5, 0.6) is 0 Å². The van der Waals surface area contributed by atoms with E-state index in [9.17, 15) is 27.9 Å². The van der Waals surface area contributed by atoms with Crippen molar-refractivity contribution in [2.75, 3.05) is 7.11 Å². The maximum absolute atomic E-state index is 12.6. The summed E-state index contributed by atoms with van der Waals surface area (Å²) in [5, 5.41) is 21.6. The zero-order valence-corrected chi connectivity index (χ0v) is 15.2. The van der Waals surface area contributed by atoms with Crippen LogP contribution in [-0.4, -0.2) is 30.1 Å². The third-order valence-electron chi connectivity index (χ3n) is 4.17. The number of carbonyl (C=O) groups excluding carboxylic acids is 2. The van der Waals surface area contributed by atoms with E-state index in [4.69, 9.17) is 5.26 Å². The number of halogens is 3. The number of alkyl halides is 3. The van der Waals surface area contributed by atoms with Crippen LogP contribution in [0.1, 0.15) is 28.4 Å². The van der Waals surface area contributed by atoms with Crippen LogP contribution in [0.4, 0.5) is 13.2 Å². The molecule has 0 aromatic heterocycles. The summed E-state index contributed by atoms with van der Waals surface area (Å²) in [5.41, 5.74) is -0.209. The minimum atomic E-state index is -4.55. The zero-order valence-electron chi connectivity index (χ0n) is 15.2. The first-order chi connectivity index (χ1) is 13.7. The van der Waals surface area contributed by atoms with E-state index in [2.05, 4.69) is 10.1 Å². The van der Waals surface area contributed by atoms with Gasteiger partial charge in [0.1, 0.15) is 6.04 Å². The average molecular weight is 406 g/mol. The number of nitrogens with one attached hydrogen (secondary N) is 1. The van der Waals surface area contributed by atoms with Crippen molar-refractivity contribution < 1.29 is 32.6 Å². The van der Waals surface area contributed by atoms with Crippen molar-refractivity contribution >= 4 is 11.9 Å². The number of aliphatic hydroxyl groups is 1. The molecule has 0 aliphatic carbocycles. The summed E-state index contributed by atoms with van der Waals surface area (Å²) in [5.74, 6) is -1.79. The molecule has 1 amide bonds. The molecule has 0 fully saturated rings. The number of esters is 1. The van der Waals surface area contributed by atoms with Crippen LogP contribution in [0.25, 0.3) is 0 Å². The molecule has 2 aromatic rings. The van der Waals surface area contributed by atoms with Crippen molar-refractivity contribution in [1.82, 2.24) is 5.32 Å². The Bertz CT molecular complexity index is 921. The lowest BCUT2D eigenvalue weighted by Crippen LogP contribution is -2.45. The second-order valence-electron chi connectivity index (χ2n) is 6.08. The van der Waals surface area contributed by atoms with Gasteiger partial charge < -0.3 is 15.2 Å². The summed E-state index contributed by atoms with van der Waals surface area (Å²) in [6.45, 7) is 0. The summed E-state index contributed by atoms with van der Waals surface area (Å²) >= 11 is 0. The molecule has 6 nitrogen and oxygen atoms in total. The van der Waals surface area contributed by atoms with Crippen molar-refractivity contribution in [1.29, 1.82) is 5.26 Å². The number of aliphatic hydroxyl groups excluding tert-OH is 1. The quantitative estimate of drug-likeness (QED) is 0.719. The number of hydrogen-bond acceptors (Lipinski definition) is 5. The van der Waals surface area contributed by atoms with Crippen molar-refractivity contribution in [3.8, 4) is 6.07 Å². The highest BCUT2D eigenvalue weighted by Gasteiger charge is 2.31. The first-order valence-electron chi connectivity index (χ1n) is 8.38. The smallest absolute Gasteiger partial charge is 0.416 e. The molecule has 0 saturated heterocycles. The lowest BCUT2D eigenvalue weighted by atomic mass is 10.00. The Morgan fingerprint density at radius 2 is 1.79 bits per heavy atom. The lowest BCUT2D eigenvalue weighted by Gasteiger charge is -2.19. The zero-order chi connectivity index (χ0) is 21.6. The average Bonchev–Trinajstić information content (AvgIpc) is 2.71. The van der Waals surface area contributed by atoms with Crippen LogP contribution in [0.3, 0.4) is 0 Å². The van der Waals surface area contributed by atoms with E-state index in [1.807, 2.05) is 6.07 Å². The lowest BCUT2D eigenvalue weighted by molar-refractivity contribution is -0.146. The molecule has 0 heterocycles. The molecule has 0 aliphatic rings. The summed E-state index contributed by atoms with van der Waals surface area (Å²) in [6, 6.07) is 10.7. The molecule has 0 aliphatic heterocycles. The van der Waals surface area contributed by atoms with Crippen LogP contribution in [0.2, 0.25) is 0 Å². The monoisotopic (exact) mass is 406 g/mol. The van der Waals surface area contributed by atoms with Gasteiger partial charge in [-0.2, -0.15) is 18.4 Å². The van der Waals surface area contributed by atoms with Gasteiger partial charge in [0.25, 0.3) is 5.91 Å². The standard InChI is InChI=1S/C20H17F3N2O4/c1-29-19(28)16(10-13-4-2-3-5-14(13)11-24)25-18(27)17(26)12-6-8-15(9-7-12)20(21,22)23/h2-9,16-17,26H,10H2,1H3,(H,25,27)/t16-,17+/m0/s1. The van der Waals surface area contributed by atoms with Crippen molar-refractivity contribution in [3.63, 3.8) is 0 Å². The molecule has 29 heavy (non-hydrogen) atoms. The highest BCUT2D eigenvalue weighted by molar-refractivity contribution is 5.87. The van der Waals surface area contributed by atoms with E-state index in [0.717, 1.165) is 31.4 Å². The molecule has 2 aromatic carbocycles. The minimum absolute atomic E-state index is 0.0676. The Morgan fingerprint density at radius 3 is 2.34 bits per heavy atom. The molecule has 0 saturated carbocycles. The van der Waals surface area contributed by atoms with Crippen LogP contribution in [0.15, 0.2) is 48.5 Å². The fourth-order valence-electron chi connectivity index (χ4n) is 2.62. The number of hydrogen-bond donors (Lipinski definition) is 2. The first kappa shape index (κ1) is 21.9. The van der Waals surface area contributed by atoms with Crippen molar-refractivity contribution in [2.24, 2.45) is 0 Å². The summed E-state index contributed by atoms with van der Waals surface area (Å²) in [4.78, 5) is 24.4. The van der Waals surface area contributed by atoms with Crippen molar-refractivity contribution in [3.05, 3.63) is 70.8 Å². The predicted molar refractivity (Wildman–Crippen MR) is 95.2 cm³/mol. The minimum Gasteiger partial charge on any atom is -0.467 e. The highest BCUT2D eigenvalue weighted by atomic mass is 19.4. The van der Waals surface area contributed by atoms with E-state index in [1.165, 1.54) is 0 Å². The summed E-state index contributed by atoms with van der Waals surface area (Å²) in [6.07, 6.45) is -6.41. The van der Waals surface area contributed by atoms with Gasteiger partial charge in [0, 0.05) is 6.42 Å². The maximum Gasteiger partial charge on any atom is 0.416 e. The van der Waals surface area contributed by atoms with Crippen LogP contribution < -0.4 is 5.32 Å². The third kappa shape index (κ3) is 5.56. The predicted octanol–water partition coefficient (Wildman–Crippen LogP) is 2.51. The number of benzene rings is 2. The number of rotatable bonds is 6. The molecule has 0 radical (unpaired) electrons. The fourth-order valence-corrected chi connectivity index (χ4v) is 2.62. The molecular weight excluding hydrogens is 389 g/mol. The summed E-state index contributed by atoms with van der Waals surface area (Å²) in [7, 11) is 1.12. The van der Waals surface area contributed by atoms with Crippen LogP contribution >= 0.6 is 0 Å². The van der Waals surface area contributed by atoms with Gasteiger partial charge >= 0.3 is 12.1 Å². The number of carbonyl (C=O) groups is 2. The van der Waals surface area contributed by atoms with Crippen LogP contribution in [0, 0.1) is 11.3 Å². The molecule has 0 spiro atoms. The molecule has 2 rings (SSSR count). The molecule has 2 N–H and O–H groups in total. The highest BCUT2D eigenvalue weighted by Crippen LogP contribution is 2.30. The normalized spacial score (nSPS) is 13.1. The fraction of sp³-hybridized carbons (Fsp3) is 0.250. The van der Waals surface area contributed by atoms with E-state index in [1.54, 1.807) is 24.3 Å². The van der Waals surface area contributed by atoms with Gasteiger partial charge in [-0.15, -0.1) is 0 Å². The van der Waals surface area contributed by atoms with E-state index in [-0.39, 0.29) is 12.0 Å². The molecule has 152 valence electrons. The van der Waals surface area contributed by atoms with E-state index in [0.29, 0.717) is 11.1 Å². The Hall–Kier alpha value is -3.38. The Balaban J connectivity index is 2.17. The number of ether oxygens (including phenoxy) is 1. The second kappa shape index (κ2) is 9.21. The number of amides is 1. The topological polar surface area (TPSA) is 99.4 Å². The second-order valence-corrected chi connectivity index (χ2v) is 6.08. The number of methoxy groups -OCH3 is 1.